The van der Waals surface area contributed by atoms with E-state index in [9.17, 15) is 4.79 Å². The van der Waals surface area contributed by atoms with E-state index >= 15 is 0 Å². The van der Waals surface area contributed by atoms with Gasteiger partial charge in [0.25, 0.3) is 0 Å². The maximum atomic E-state index is 10.5. The zero-order chi connectivity index (χ0) is 9.14. The second kappa shape index (κ2) is 4.74. The fraction of sp³-hybridized carbons (Fsp3) is 0.286. The number of carbonyl (C=O) groups is 1. The third-order valence-corrected chi connectivity index (χ3v) is 5.08. The van der Waals surface area contributed by atoms with Gasteiger partial charge in [0.15, 0.2) is 0 Å². The van der Waals surface area contributed by atoms with Gasteiger partial charge in [0.2, 0.25) is 0 Å². The first-order valence-corrected chi connectivity index (χ1v) is 6.08. The van der Waals surface area contributed by atoms with Gasteiger partial charge < -0.3 is 4.79 Å². The summed E-state index contributed by atoms with van der Waals surface area (Å²) in [5.41, 5.74) is 0. The predicted octanol–water partition coefficient (Wildman–Crippen LogP) is 3.79. The fourth-order valence-corrected chi connectivity index (χ4v) is 3.20. The molecule has 0 radical (unpaired) electrons. The van der Waals surface area contributed by atoms with Crippen molar-refractivity contribution in [3.63, 3.8) is 0 Å². The van der Waals surface area contributed by atoms with Crippen molar-refractivity contribution in [1.82, 2.24) is 0 Å². The Morgan fingerprint density at radius 2 is 2.33 bits per heavy atom. The Balaban J connectivity index is 2.94. The van der Waals surface area contributed by atoms with Gasteiger partial charge >= 0.3 is 0 Å². The first kappa shape index (κ1) is 10.7. The van der Waals surface area contributed by atoms with Gasteiger partial charge in [-0.1, -0.05) is 0 Å². The average molecular weight is 332 g/mol. The molecule has 0 saturated heterocycles. The van der Waals surface area contributed by atoms with Gasteiger partial charge in [0.1, 0.15) is 6.29 Å². The van der Waals surface area contributed by atoms with Crippen LogP contribution in [-0.4, -0.2) is 12.2 Å². The van der Waals surface area contributed by atoms with Crippen LogP contribution in [0.4, 0.5) is 0 Å². The number of hydrogen-bond donors (Lipinski definition) is 0. The first-order chi connectivity index (χ1) is 5.69. The van der Waals surface area contributed by atoms with Crippen molar-refractivity contribution in [2.75, 3.05) is 5.88 Å². The van der Waals surface area contributed by atoms with Gasteiger partial charge in [-0.2, -0.15) is 0 Å². The molecule has 0 aliphatic rings. The quantitative estimate of drug-likeness (QED) is 0.608. The third kappa shape index (κ3) is 2.31. The van der Waals surface area contributed by atoms with Gasteiger partial charge in [0.05, 0.1) is 9.70 Å². The highest BCUT2D eigenvalue weighted by Crippen LogP contribution is 2.35. The van der Waals surface area contributed by atoms with Crippen LogP contribution in [0.5, 0.6) is 0 Å². The summed E-state index contributed by atoms with van der Waals surface area (Å²) < 4.78 is 1.97. The molecule has 0 aliphatic carbocycles. The van der Waals surface area contributed by atoms with Gasteiger partial charge in [-0.15, -0.1) is 22.9 Å². The summed E-state index contributed by atoms with van der Waals surface area (Å²) in [6.07, 6.45) is 0.873. The van der Waals surface area contributed by atoms with Crippen molar-refractivity contribution >= 4 is 61.1 Å². The fourth-order valence-electron chi connectivity index (χ4n) is 0.726. The van der Waals surface area contributed by atoms with Crippen LogP contribution in [0, 0.1) is 0 Å². The SMILES string of the molecule is O=CC(CCl)c1cc(Br)c(Br)s1. The third-order valence-electron chi connectivity index (χ3n) is 1.36. The molecule has 1 rings (SSSR count). The predicted molar refractivity (Wildman–Crippen MR) is 59.2 cm³/mol. The van der Waals surface area contributed by atoms with Crippen molar-refractivity contribution in [2.24, 2.45) is 0 Å². The molecule has 0 fully saturated rings. The summed E-state index contributed by atoms with van der Waals surface area (Å²) in [6, 6.07) is 1.91. The number of halogens is 3. The number of thiophene rings is 1. The monoisotopic (exact) mass is 330 g/mol. The number of rotatable bonds is 3. The van der Waals surface area contributed by atoms with Crippen LogP contribution >= 0.6 is 54.8 Å². The number of aldehydes is 1. The Kier molecular flexibility index (Phi) is 4.23. The van der Waals surface area contributed by atoms with E-state index in [1.807, 2.05) is 6.07 Å². The van der Waals surface area contributed by atoms with Crippen molar-refractivity contribution < 1.29 is 4.79 Å². The molecule has 66 valence electrons. The van der Waals surface area contributed by atoms with Crippen LogP contribution < -0.4 is 0 Å². The molecule has 1 unspecified atom stereocenters. The summed E-state index contributed by atoms with van der Waals surface area (Å²) in [7, 11) is 0. The standard InChI is InChI=1S/C7H5Br2ClOS/c8-5-1-6(12-7(5)9)4(2-10)3-11/h1,3-4H,2H2. The molecule has 1 atom stereocenters. The highest BCUT2D eigenvalue weighted by Gasteiger charge is 2.13. The van der Waals surface area contributed by atoms with E-state index in [1.54, 1.807) is 0 Å². The molecule has 12 heavy (non-hydrogen) atoms. The lowest BCUT2D eigenvalue weighted by molar-refractivity contribution is -0.108. The lowest BCUT2D eigenvalue weighted by atomic mass is 10.2. The lowest BCUT2D eigenvalue weighted by Crippen LogP contribution is -1.98. The van der Waals surface area contributed by atoms with Gasteiger partial charge in [-0.25, -0.2) is 0 Å². The molecule has 1 aromatic heterocycles. The van der Waals surface area contributed by atoms with E-state index in [0.29, 0.717) is 5.88 Å². The summed E-state index contributed by atoms with van der Waals surface area (Å²) in [5.74, 6) is 0.155. The van der Waals surface area contributed by atoms with Gasteiger partial charge in [0, 0.05) is 15.2 Å². The maximum absolute atomic E-state index is 10.5. The summed E-state index contributed by atoms with van der Waals surface area (Å²) in [6.45, 7) is 0. The normalized spacial score (nSPS) is 12.9. The first-order valence-electron chi connectivity index (χ1n) is 3.15. The smallest absolute Gasteiger partial charge is 0.129 e. The summed E-state index contributed by atoms with van der Waals surface area (Å²) in [5, 5.41) is 0. The van der Waals surface area contributed by atoms with E-state index in [1.165, 1.54) is 11.3 Å². The van der Waals surface area contributed by atoms with E-state index in [4.69, 9.17) is 11.6 Å². The Bertz CT molecular complexity index is 267. The van der Waals surface area contributed by atoms with Gasteiger partial charge in [-0.3, -0.25) is 0 Å². The Labute approximate surface area is 96.4 Å². The second-order valence-corrected chi connectivity index (χ2v) is 5.73. The minimum Gasteiger partial charge on any atom is -0.303 e. The Morgan fingerprint density at radius 3 is 2.67 bits per heavy atom. The molecule has 1 heterocycles. The van der Waals surface area contributed by atoms with E-state index in [-0.39, 0.29) is 5.92 Å². The molecule has 1 aromatic rings. The van der Waals surface area contributed by atoms with E-state index in [0.717, 1.165) is 19.4 Å². The highest BCUT2D eigenvalue weighted by molar-refractivity contribution is 9.13. The zero-order valence-corrected chi connectivity index (χ0v) is 10.6. The van der Waals surface area contributed by atoms with Crippen LogP contribution in [0.25, 0.3) is 0 Å². The molecule has 0 N–H and O–H groups in total. The maximum Gasteiger partial charge on any atom is 0.129 e. The van der Waals surface area contributed by atoms with E-state index < -0.39 is 0 Å². The van der Waals surface area contributed by atoms with Crippen LogP contribution in [0.15, 0.2) is 14.3 Å². The molecule has 0 bridgehead atoms. The second-order valence-electron chi connectivity index (χ2n) is 2.17. The van der Waals surface area contributed by atoms with Crippen LogP contribution in [-0.2, 0) is 4.79 Å². The van der Waals surface area contributed by atoms with Gasteiger partial charge in [-0.05, 0) is 37.9 Å². The van der Waals surface area contributed by atoms with Crippen molar-refractivity contribution in [2.45, 2.75) is 5.92 Å². The Hall–Kier alpha value is 0.620. The molecule has 1 nitrogen and oxygen atoms in total. The largest absolute Gasteiger partial charge is 0.303 e. The zero-order valence-electron chi connectivity index (χ0n) is 5.89. The number of carbonyl (C=O) groups excluding carboxylic acids is 1. The Morgan fingerprint density at radius 1 is 1.67 bits per heavy atom. The molecule has 5 heteroatoms. The number of alkyl halides is 1. The molecular formula is C7H5Br2ClOS. The van der Waals surface area contributed by atoms with E-state index in [2.05, 4.69) is 31.9 Å². The topological polar surface area (TPSA) is 17.1 Å². The van der Waals surface area contributed by atoms with Crippen LogP contribution in [0.1, 0.15) is 10.8 Å². The lowest BCUT2D eigenvalue weighted by Gasteiger charge is -1.99. The molecule has 0 spiro atoms. The van der Waals surface area contributed by atoms with Crippen molar-refractivity contribution in [3.05, 3.63) is 19.2 Å². The van der Waals surface area contributed by atoms with Crippen LogP contribution in [0.2, 0.25) is 0 Å². The van der Waals surface area contributed by atoms with Crippen LogP contribution in [0.3, 0.4) is 0 Å². The molecule has 0 aliphatic heterocycles. The molecule has 0 aromatic carbocycles. The molecular weight excluding hydrogens is 327 g/mol. The number of hydrogen-bond acceptors (Lipinski definition) is 2. The summed E-state index contributed by atoms with van der Waals surface area (Å²) in [4.78, 5) is 11.5. The molecule has 0 amide bonds. The minimum absolute atomic E-state index is 0.181. The highest BCUT2D eigenvalue weighted by atomic mass is 79.9. The minimum atomic E-state index is -0.181. The summed E-state index contributed by atoms with van der Waals surface area (Å²) >= 11 is 13.8. The molecule has 0 saturated carbocycles. The van der Waals surface area contributed by atoms with Crippen molar-refractivity contribution in [1.29, 1.82) is 0 Å². The van der Waals surface area contributed by atoms with Crippen molar-refractivity contribution in [3.8, 4) is 0 Å². The average Bonchev–Trinajstić information content (AvgIpc) is 2.35.